The average molecular weight is 264 g/mol. The summed E-state index contributed by atoms with van der Waals surface area (Å²) < 4.78 is 4.97. The van der Waals surface area contributed by atoms with Crippen LogP contribution in [0.25, 0.3) is 11.0 Å². The number of methoxy groups -OCH3 is 1. The van der Waals surface area contributed by atoms with E-state index in [-0.39, 0.29) is 5.69 Å². The minimum Gasteiger partial charge on any atom is -0.481 e. The summed E-state index contributed by atoms with van der Waals surface area (Å²) in [6.45, 7) is 2.00. The van der Waals surface area contributed by atoms with Crippen molar-refractivity contribution in [2.75, 3.05) is 13.7 Å². The smallest absolute Gasteiger partial charge is 0.323 e. The number of aromatic amines is 2. The fourth-order valence-corrected chi connectivity index (χ4v) is 2.06. The number of benzene rings is 1. The highest BCUT2D eigenvalue weighted by atomic mass is 16.5. The van der Waals surface area contributed by atoms with Gasteiger partial charge in [-0.3, -0.25) is 4.79 Å². The Morgan fingerprint density at radius 2 is 2.05 bits per heavy atom. The van der Waals surface area contributed by atoms with Gasteiger partial charge >= 0.3 is 11.7 Å². The molecule has 0 aliphatic carbocycles. The molecule has 0 aliphatic rings. The van der Waals surface area contributed by atoms with Gasteiger partial charge in [-0.2, -0.15) is 0 Å². The normalized spacial score (nSPS) is 14.4. The minimum absolute atomic E-state index is 0.305. The van der Waals surface area contributed by atoms with Crippen molar-refractivity contribution in [1.29, 1.82) is 0 Å². The van der Waals surface area contributed by atoms with Crippen molar-refractivity contribution in [3.05, 3.63) is 34.2 Å². The summed E-state index contributed by atoms with van der Waals surface area (Å²) in [6.07, 6.45) is 0.360. The molecule has 6 heteroatoms. The molecular formula is C13H16N2O4. The Bertz CT molecular complexity index is 658. The summed E-state index contributed by atoms with van der Waals surface area (Å²) in [7, 11) is 1.54. The van der Waals surface area contributed by atoms with Crippen molar-refractivity contribution >= 4 is 17.0 Å². The van der Waals surface area contributed by atoms with Gasteiger partial charge < -0.3 is 19.8 Å². The SMILES string of the molecule is COCCC(C)(C(=O)O)c1ccc2[nH]c(=O)[nH]c2c1. The number of H-pyrrole nitrogens is 2. The second kappa shape index (κ2) is 4.89. The van der Waals surface area contributed by atoms with Crippen LogP contribution in [-0.2, 0) is 14.9 Å². The number of fused-ring (bicyclic) bond motifs is 1. The van der Waals surface area contributed by atoms with Crippen molar-refractivity contribution in [2.24, 2.45) is 0 Å². The maximum absolute atomic E-state index is 11.5. The summed E-state index contributed by atoms with van der Waals surface area (Å²) >= 11 is 0. The average Bonchev–Trinajstić information content (AvgIpc) is 2.74. The Morgan fingerprint density at radius 1 is 1.37 bits per heavy atom. The predicted molar refractivity (Wildman–Crippen MR) is 70.4 cm³/mol. The largest absolute Gasteiger partial charge is 0.481 e. The molecule has 0 radical (unpaired) electrons. The topological polar surface area (TPSA) is 95.2 Å². The van der Waals surface area contributed by atoms with Crippen molar-refractivity contribution in [1.82, 2.24) is 9.97 Å². The maximum Gasteiger partial charge on any atom is 0.323 e. The summed E-state index contributed by atoms with van der Waals surface area (Å²) in [5.74, 6) is -0.915. The number of hydrogen-bond acceptors (Lipinski definition) is 3. The van der Waals surface area contributed by atoms with E-state index in [0.29, 0.717) is 29.6 Å². The van der Waals surface area contributed by atoms with Crippen LogP contribution in [0.1, 0.15) is 18.9 Å². The van der Waals surface area contributed by atoms with Crippen LogP contribution in [0.15, 0.2) is 23.0 Å². The molecule has 0 amide bonds. The van der Waals surface area contributed by atoms with Gasteiger partial charge in [0.2, 0.25) is 0 Å². The third kappa shape index (κ3) is 2.39. The van der Waals surface area contributed by atoms with Gasteiger partial charge in [-0.15, -0.1) is 0 Å². The lowest BCUT2D eigenvalue weighted by atomic mass is 9.79. The number of carboxylic acid groups (broad SMARTS) is 1. The highest BCUT2D eigenvalue weighted by Crippen LogP contribution is 2.29. The fraction of sp³-hybridized carbons (Fsp3) is 0.385. The van der Waals surface area contributed by atoms with Gasteiger partial charge in [0, 0.05) is 13.7 Å². The van der Waals surface area contributed by atoms with Gasteiger partial charge in [-0.25, -0.2) is 4.79 Å². The number of ether oxygens (including phenoxy) is 1. The zero-order valence-electron chi connectivity index (χ0n) is 10.8. The molecule has 0 saturated carbocycles. The zero-order valence-corrected chi connectivity index (χ0v) is 10.8. The van der Waals surface area contributed by atoms with E-state index in [1.807, 2.05) is 0 Å². The second-order valence-corrected chi connectivity index (χ2v) is 4.72. The van der Waals surface area contributed by atoms with Gasteiger partial charge in [-0.05, 0) is 31.0 Å². The van der Waals surface area contributed by atoms with E-state index >= 15 is 0 Å². The molecule has 0 spiro atoms. The van der Waals surface area contributed by atoms with Crippen molar-refractivity contribution in [3.63, 3.8) is 0 Å². The number of rotatable bonds is 5. The molecule has 6 nitrogen and oxygen atoms in total. The fourth-order valence-electron chi connectivity index (χ4n) is 2.06. The van der Waals surface area contributed by atoms with Crippen LogP contribution >= 0.6 is 0 Å². The van der Waals surface area contributed by atoms with E-state index in [4.69, 9.17) is 4.74 Å². The number of imidazole rings is 1. The Labute approximate surface area is 109 Å². The number of carbonyl (C=O) groups is 1. The van der Waals surface area contributed by atoms with E-state index in [1.165, 1.54) is 7.11 Å². The Hall–Kier alpha value is -2.08. The van der Waals surface area contributed by atoms with E-state index in [9.17, 15) is 14.7 Å². The molecule has 0 aliphatic heterocycles. The molecule has 1 aromatic carbocycles. The van der Waals surface area contributed by atoms with Gasteiger partial charge in [0.15, 0.2) is 0 Å². The molecule has 1 unspecified atom stereocenters. The number of aromatic nitrogens is 2. The molecular weight excluding hydrogens is 248 g/mol. The van der Waals surface area contributed by atoms with Crippen LogP contribution in [0.2, 0.25) is 0 Å². The number of nitrogens with one attached hydrogen (secondary N) is 2. The Kier molecular flexibility index (Phi) is 3.44. The third-order valence-corrected chi connectivity index (χ3v) is 3.43. The lowest BCUT2D eigenvalue weighted by Gasteiger charge is -2.25. The lowest BCUT2D eigenvalue weighted by molar-refractivity contribution is -0.143. The van der Waals surface area contributed by atoms with Crippen LogP contribution in [0.3, 0.4) is 0 Å². The lowest BCUT2D eigenvalue weighted by Crippen LogP contribution is -2.33. The number of carboxylic acids is 1. The molecule has 2 aromatic rings. The van der Waals surface area contributed by atoms with Gasteiger partial charge in [-0.1, -0.05) is 6.07 Å². The first-order chi connectivity index (χ1) is 8.97. The van der Waals surface area contributed by atoms with E-state index in [0.717, 1.165) is 0 Å². The summed E-state index contributed by atoms with van der Waals surface area (Å²) in [5, 5.41) is 9.45. The van der Waals surface area contributed by atoms with E-state index < -0.39 is 11.4 Å². The minimum atomic E-state index is -1.04. The first-order valence-electron chi connectivity index (χ1n) is 5.92. The third-order valence-electron chi connectivity index (χ3n) is 3.43. The van der Waals surface area contributed by atoms with Crippen molar-refractivity contribution in [2.45, 2.75) is 18.8 Å². The number of hydrogen-bond donors (Lipinski definition) is 3. The molecule has 1 heterocycles. The molecule has 19 heavy (non-hydrogen) atoms. The number of aliphatic carboxylic acids is 1. The highest BCUT2D eigenvalue weighted by Gasteiger charge is 2.35. The first kappa shape index (κ1) is 13.4. The van der Waals surface area contributed by atoms with Crippen LogP contribution in [0, 0.1) is 0 Å². The van der Waals surface area contributed by atoms with Gasteiger partial charge in [0.1, 0.15) is 0 Å². The zero-order chi connectivity index (χ0) is 14.0. The molecule has 0 saturated heterocycles. The van der Waals surface area contributed by atoms with Crippen LogP contribution in [0.4, 0.5) is 0 Å². The Morgan fingerprint density at radius 3 is 2.68 bits per heavy atom. The van der Waals surface area contributed by atoms with Gasteiger partial charge in [0.25, 0.3) is 0 Å². The van der Waals surface area contributed by atoms with Crippen LogP contribution in [-0.4, -0.2) is 34.8 Å². The summed E-state index contributed by atoms with van der Waals surface area (Å²) in [6, 6.07) is 5.11. The standard InChI is InChI=1S/C13H16N2O4/c1-13(11(16)17,5-6-19-2)8-3-4-9-10(7-8)15-12(18)14-9/h3-4,7H,5-6H2,1-2H3,(H,16,17)(H2,14,15,18). The van der Waals surface area contributed by atoms with Gasteiger partial charge in [0.05, 0.1) is 16.4 Å². The predicted octanol–water partition coefficient (Wildman–Crippen LogP) is 1.23. The monoisotopic (exact) mass is 264 g/mol. The van der Waals surface area contributed by atoms with E-state index in [2.05, 4.69) is 9.97 Å². The molecule has 2 rings (SSSR count). The van der Waals surface area contributed by atoms with Crippen molar-refractivity contribution < 1.29 is 14.6 Å². The maximum atomic E-state index is 11.5. The van der Waals surface area contributed by atoms with E-state index in [1.54, 1.807) is 25.1 Å². The summed E-state index contributed by atoms with van der Waals surface area (Å²) in [5.41, 5.74) is 0.555. The highest BCUT2D eigenvalue weighted by molar-refractivity contribution is 5.84. The molecule has 3 N–H and O–H groups in total. The van der Waals surface area contributed by atoms with Crippen LogP contribution in [0.5, 0.6) is 0 Å². The molecule has 1 aromatic heterocycles. The van der Waals surface area contributed by atoms with Crippen molar-refractivity contribution in [3.8, 4) is 0 Å². The molecule has 102 valence electrons. The molecule has 1 atom stereocenters. The second-order valence-electron chi connectivity index (χ2n) is 4.72. The Balaban J connectivity index is 2.49. The molecule has 0 bridgehead atoms. The summed E-state index contributed by atoms with van der Waals surface area (Å²) in [4.78, 5) is 28.0. The first-order valence-corrected chi connectivity index (χ1v) is 5.92. The molecule has 0 fully saturated rings. The quantitative estimate of drug-likeness (QED) is 0.757. The van der Waals surface area contributed by atoms with Crippen LogP contribution < -0.4 is 5.69 Å².